The first-order valence-electron chi connectivity index (χ1n) is 7.45. The standard InChI is InChI=1S/C16H26N2O/c1-14-7-11-18(12-8-14)10-2-9-17-13-15-3-5-16(19)6-4-15/h3-6,14,17,19H,2,7-13H2,1H3. The van der Waals surface area contributed by atoms with Crippen molar-refractivity contribution in [3.8, 4) is 5.75 Å². The number of phenols is 1. The van der Waals surface area contributed by atoms with Gasteiger partial charge in [-0.2, -0.15) is 0 Å². The fourth-order valence-electron chi connectivity index (χ4n) is 2.56. The number of nitrogens with zero attached hydrogens (tertiary/aromatic N) is 1. The van der Waals surface area contributed by atoms with E-state index in [1.165, 1.54) is 44.5 Å². The molecule has 0 radical (unpaired) electrons. The number of aromatic hydroxyl groups is 1. The monoisotopic (exact) mass is 262 g/mol. The molecule has 1 aliphatic rings. The zero-order chi connectivity index (χ0) is 13.5. The number of nitrogens with one attached hydrogen (secondary N) is 1. The molecule has 106 valence electrons. The summed E-state index contributed by atoms with van der Waals surface area (Å²) in [6.07, 6.45) is 3.94. The summed E-state index contributed by atoms with van der Waals surface area (Å²) in [7, 11) is 0. The first-order valence-corrected chi connectivity index (χ1v) is 7.45. The van der Waals surface area contributed by atoms with Crippen molar-refractivity contribution in [3.05, 3.63) is 29.8 Å². The van der Waals surface area contributed by atoms with E-state index in [4.69, 9.17) is 0 Å². The summed E-state index contributed by atoms with van der Waals surface area (Å²) >= 11 is 0. The van der Waals surface area contributed by atoms with E-state index in [9.17, 15) is 5.11 Å². The average Bonchev–Trinajstić information content (AvgIpc) is 2.43. The number of benzene rings is 1. The molecule has 0 atom stereocenters. The van der Waals surface area contributed by atoms with E-state index in [2.05, 4.69) is 17.1 Å². The van der Waals surface area contributed by atoms with Crippen molar-refractivity contribution in [1.29, 1.82) is 0 Å². The molecule has 1 heterocycles. The molecule has 1 aliphatic heterocycles. The Labute approximate surface area is 116 Å². The van der Waals surface area contributed by atoms with E-state index in [0.29, 0.717) is 5.75 Å². The molecule has 0 saturated carbocycles. The van der Waals surface area contributed by atoms with Gasteiger partial charge in [0.1, 0.15) is 5.75 Å². The Hall–Kier alpha value is -1.06. The zero-order valence-corrected chi connectivity index (χ0v) is 11.9. The number of rotatable bonds is 6. The van der Waals surface area contributed by atoms with Crippen LogP contribution in [0.3, 0.4) is 0 Å². The molecule has 0 aliphatic carbocycles. The Bertz CT molecular complexity index is 356. The Morgan fingerprint density at radius 2 is 1.89 bits per heavy atom. The van der Waals surface area contributed by atoms with Crippen molar-refractivity contribution >= 4 is 0 Å². The number of hydrogen-bond donors (Lipinski definition) is 2. The summed E-state index contributed by atoms with van der Waals surface area (Å²) in [5.41, 5.74) is 1.23. The van der Waals surface area contributed by atoms with Crippen LogP contribution in [0.15, 0.2) is 24.3 Å². The van der Waals surface area contributed by atoms with Crippen molar-refractivity contribution in [2.24, 2.45) is 5.92 Å². The molecule has 1 saturated heterocycles. The molecule has 0 amide bonds. The molecular weight excluding hydrogens is 236 g/mol. The van der Waals surface area contributed by atoms with Gasteiger partial charge in [-0.1, -0.05) is 19.1 Å². The van der Waals surface area contributed by atoms with Crippen molar-refractivity contribution in [1.82, 2.24) is 10.2 Å². The largest absolute Gasteiger partial charge is 0.508 e. The summed E-state index contributed by atoms with van der Waals surface area (Å²) in [6.45, 7) is 8.08. The SMILES string of the molecule is CC1CCN(CCCNCc2ccc(O)cc2)CC1. The molecular formula is C16H26N2O. The Balaban J connectivity index is 1.53. The van der Waals surface area contributed by atoms with Crippen LogP contribution in [0.5, 0.6) is 5.75 Å². The van der Waals surface area contributed by atoms with Gasteiger partial charge >= 0.3 is 0 Å². The van der Waals surface area contributed by atoms with Gasteiger partial charge in [-0.25, -0.2) is 0 Å². The van der Waals surface area contributed by atoms with Crippen molar-refractivity contribution < 1.29 is 5.11 Å². The molecule has 19 heavy (non-hydrogen) atoms. The molecule has 0 bridgehead atoms. The summed E-state index contributed by atoms with van der Waals surface area (Å²) in [5, 5.41) is 12.7. The third kappa shape index (κ3) is 5.21. The van der Waals surface area contributed by atoms with E-state index >= 15 is 0 Å². The summed E-state index contributed by atoms with van der Waals surface area (Å²) in [6, 6.07) is 7.42. The fraction of sp³-hybridized carbons (Fsp3) is 0.625. The van der Waals surface area contributed by atoms with Crippen LogP contribution >= 0.6 is 0 Å². The zero-order valence-electron chi connectivity index (χ0n) is 11.9. The number of phenolic OH excluding ortho intramolecular Hbond substituents is 1. The fourth-order valence-corrected chi connectivity index (χ4v) is 2.56. The highest BCUT2D eigenvalue weighted by Crippen LogP contribution is 2.15. The van der Waals surface area contributed by atoms with Gasteiger partial charge in [0.2, 0.25) is 0 Å². The lowest BCUT2D eigenvalue weighted by Gasteiger charge is -2.30. The topological polar surface area (TPSA) is 35.5 Å². The maximum atomic E-state index is 9.20. The predicted octanol–water partition coefficient (Wildman–Crippen LogP) is 2.60. The normalized spacial score (nSPS) is 17.7. The van der Waals surface area contributed by atoms with Gasteiger partial charge in [-0.05, 0) is 69.1 Å². The van der Waals surface area contributed by atoms with Crippen molar-refractivity contribution in [2.45, 2.75) is 32.7 Å². The van der Waals surface area contributed by atoms with E-state index in [1.54, 1.807) is 12.1 Å². The van der Waals surface area contributed by atoms with Crippen molar-refractivity contribution in [3.63, 3.8) is 0 Å². The number of piperidine rings is 1. The van der Waals surface area contributed by atoms with E-state index in [1.807, 2.05) is 12.1 Å². The second kappa shape index (κ2) is 7.51. The van der Waals surface area contributed by atoms with Gasteiger partial charge in [-0.15, -0.1) is 0 Å². The molecule has 3 heteroatoms. The second-order valence-electron chi connectivity index (χ2n) is 5.72. The van der Waals surface area contributed by atoms with Crippen LogP contribution < -0.4 is 5.32 Å². The molecule has 0 spiro atoms. The van der Waals surface area contributed by atoms with Crippen LogP contribution in [0.1, 0.15) is 31.7 Å². The Kier molecular flexibility index (Phi) is 5.67. The van der Waals surface area contributed by atoms with Crippen LogP contribution in [0.2, 0.25) is 0 Å². The highest BCUT2D eigenvalue weighted by molar-refractivity contribution is 5.25. The van der Waals surface area contributed by atoms with Gasteiger partial charge in [0.25, 0.3) is 0 Å². The molecule has 1 aromatic carbocycles. The minimum atomic E-state index is 0.336. The van der Waals surface area contributed by atoms with Gasteiger partial charge in [-0.3, -0.25) is 0 Å². The highest BCUT2D eigenvalue weighted by atomic mass is 16.3. The first-order chi connectivity index (χ1) is 9.24. The van der Waals surface area contributed by atoms with Crippen LogP contribution in [0.4, 0.5) is 0 Å². The smallest absolute Gasteiger partial charge is 0.115 e. The number of likely N-dealkylation sites (tertiary alicyclic amines) is 1. The Morgan fingerprint density at radius 3 is 2.58 bits per heavy atom. The maximum Gasteiger partial charge on any atom is 0.115 e. The van der Waals surface area contributed by atoms with E-state index in [-0.39, 0.29) is 0 Å². The minimum Gasteiger partial charge on any atom is -0.508 e. The molecule has 3 nitrogen and oxygen atoms in total. The quantitative estimate of drug-likeness (QED) is 0.774. The van der Waals surface area contributed by atoms with Gasteiger partial charge in [0.15, 0.2) is 0 Å². The van der Waals surface area contributed by atoms with Gasteiger partial charge in [0, 0.05) is 6.54 Å². The molecule has 0 unspecified atom stereocenters. The number of hydrogen-bond acceptors (Lipinski definition) is 3. The Morgan fingerprint density at radius 1 is 1.21 bits per heavy atom. The van der Waals surface area contributed by atoms with Crippen LogP contribution in [-0.4, -0.2) is 36.2 Å². The van der Waals surface area contributed by atoms with Gasteiger partial charge < -0.3 is 15.3 Å². The summed E-state index contributed by atoms with van der Waals surface area (Å²) in [4.78, 5) is 2.59. The lowest BCUT2D eigenvalue weighted by atomic mass is 9.99. The highest BCUT2D eigenvalue weighted by Gasteiger charge is 2.14. The van der Waals surface area contributed by atoms with Crippen LogP contribution in [0.25, 0.3) is 0 Å². The lowest BCUT2D eigenvalue weighted by molar-refractivity contribution is 0.190. The van der Waals surface area contributed by atoms with Crippen LogP contribution in [0, 0.1) is 5.92 Å². The lowest BCUT2D eigenvalue weighted by Crippen LogP contribution is -2.34. The molecule has 1 fully saturated rings. The average molecular weight is 262 g/mol. The van der Waals surface area contributed by atoms with E-state index < -0.39 is 0 Å². The molecule has 0 aromatic heterocycles. The minimum absolute atomic E-state index is 0.336. The van der Waals surface area contributed by atoms with Crippen molar-refractivity contribution in [2.75, 3.05) is 26.2 Å². The summed E-state index contributed by atoms with van der Waals surface area (Å²) in [5.74, 6) is 1.26. The molecule has 2 N–H and O–H groups in total. The molecule has 1 aromatic rings. The third-order valence-corrected chi connectivity index (χ3v) is 3.97. The van der Waals surface area contributed by atoms with E-state index in [0.717, 1.165) is 19.0 Å². The summed E-state index contributed by atoms with van der Waals surface area (Å²) < 4.78 is 0. The van der Waals surface area contributed by atoms with Gasteiger partial charge in [0.05, 0.1) is 0 Å². The third-order valence-electron chi connectivity index (χ3n) is 3.97. The molecule has 2 rings (SSSR count). The first kappa shape index (κ1) is 14.4. The predicted molar refractivity (Wildman–Crippen MR) is 79.3 cm³/mol. The maximum absolute atomic E-state index is 9.20. The van der Waals surface area contributed by atoms with Crippen LogP contribution in [-0.2, 0) is 6.54 Å². The second-order valence-corrected chi connectivity index (χ2v) is 5.72.